The van der Waals surface area contributed by atoms with Gasteiger partial charge >= 0.3 is 6.18 Å². The summed E-state index contributed by atoms with van der Waals surface area (Å²) in [7, 11) is 1.58. The van der Waals surface area contributed by atoms with Gasteiger partial charge in [-0.05, 0) is 49.4 Å². The number of benzene rings is 3. The van der Waals surface area contributed by atoms with E-state index in [0.717, 1.165) is 17.7 Å². The molecule has 0 radical (unpaired) electrons. The molecule has 9 heteroatoms. The monoisotopic (exact) mass is 471 g/mol. The van der Waals surface area contributed by atoms with Gasteiger partial charge in [0.2, 0.25) is 5.91 Å². The number of anilines is 2. The normalized spacial score (nSPS) is 12.0. The van der Waals surface area contributed by atoms with Crippen molar-refractivity contribution in [2.45, 2.75) is 19.1 Å². The first-order valence-corrected chi connectivity index (χ1v) is 10.4. The first kappa shape index (κ1) is 24.8. The van der Waals surface area contributed by atoms with Crippen LogP contribution in [0, 0.1) is 0 Å². The Balaban J connectivity index is 1.59. The lowest BCUT2D eigenvalue weighted by atomic mass is 10.1. The highest BCUT2D eigenvalue weighted by molar-refractivity contribution is 6.05. The fourth-order valence-electron chi connectivity index (χ4n) is 3.30. The second-order valence-electron chi connectivity index (χ2n) is 7.51. The summed E-state index contributed by atoms with van der Waals surface area (Å²) < 4.78 is 44.0. The van der Waals surface area contributed by atoms with E-state index in [1.165, 1.54) is 24.3 Å². The fraction of sp³-hybridized carbons (Fsp3) is 0.200. The fourth-order valence-corrected chi connectivity index (χ4v) is 3.30. The average molecular weight is 471 g/mol. The highest BCUT2D eigenvalue weighted by Crippen LogP contribution is 2.30. The molecule has 0 aromatic heterocycles. The van der Waals surface area contributed by atoms with E-state index < -0.39 is 17.6 Å². The molecule has 3 aromatic rings. The number of rotatable bonds is 8. The van der Waals surface area contributed by atoms with E-state index in [4.69, 9.17) is 4.74 Å². The Labute approximate surface area is 195 Å². The van der Waals surface area contributed by atoms with Gasteiger partial charge in [-0.3, -0.25) is 9.59 Å². The van der Waals surface area contributed by atoms with E-state index in [-0.39, 0.29) is 29.7 Å². The van der Waals surface area contributed by atoms with Crippen LogP contribution in [0.15, 0.2) is 72.8 Å². The molecule has 0 fully saturated rings. The maximum atomic E-state index is 12.9. The molecule has 1 unspecified atom stereocenters. The molecular weight excluding hydrogens is 447 g/mol. The van der Waals surface area contributed by atoms with Gasteiger partial charge in [-0.15, -0.1) is 0 Å². The average Bonchev–Trinajstić information content (AvgIpc) is 2.82. The summed E-state index contributed by atoms with van der Waals surface area (Å²) in [6.07, 6.45) is -4.51. The number of amides is 2. The first-order chi connectivity index (χ1) is 16.2. The van der Waals surface area contributed by atoms with Crippen LogP contribution in [0.1, 0.15) is 34.5 Å². The highest BCUT2D eigenvalue weighted by Gasteiger charge is 2.30. The molecule has 0 spiro atoms. The van der Waals surface area contributed by atoms with Crippen LogP contribution < -0.4 is 20.7 Å². The molecule has 0 heterocycles. The number of para-hydroxylation sites is 1. The van der Waals surface area contributed by atoms with Gasteiger partial charge in [-0.2, -0.15) is 13.2 Å². The molecule has 0 aliphatic carbocycles. The Bertz CT molecular complexity index is 1170. The molecule has 6 nitrogen and oxygen atoms in total. The molecule has 178 valence electrons. The topological polar surface area (TPSA) is 79.5 Å². The molecule has 3 N–H and O–H groups in total. The van der Waals surface area contributed by atoms with Crippen molar-refractivity contribution in [1.82, 2.24) is 5.32 Å². The molecular formula is C25H24F3N3O3. The highest BCUT2D eigenvalue weighted by atomic mass is 19.4. The van der Waals surface area contributed by atoms with Crippen LogP contribution in [0.25, 0.3) is 0 Å². The van der Waals surface area contributed by atoms with E-state index in [0.29, 0.717) is 11.4 Å². The lowest BCUT2D eigenvalue weighted by Gasteiger charge is -2.17. The number of halogens is 3. The van der Waals surface area contributed by atoms with Crippen molar-refractivity contribution in [3.63, 3.8) is 0 Å². The Morgan fingerprint density at radius 1 is 0.912 bits per heavy atom. The number of nitrogens with one attached hydrogen (secondary N) is 3. The summed E-state index contributed by atoms with van der Waals surface area (Å²) in [6, 6.07) is 17.8. The molecule has 0 saturated carbocycles. The Kier molecular flexibility index (Phi) is 7.91. The minimum Gasteiger partial charge on any atom is -0.496 e. The van der Waals surface area contributed by atoms with Gasteiger partial charge in [0, 0.05) is 28.5 Å². The maximum absolute atomic E-state index is 12.9. The Morgan fingerprint density at radius 2 is 1.59 bits per heavy atom. The number of methoxy groups -OCH3 is 1. The molecule has 34 heavy (non-hydrogen) atoms. The third-order valence-corrected chi connectivity index (χ3v) is 5.03. The van der Waals surface area contributed by atoms with Crippen LogP contribution in [0.4, 0.5) is 24.5 Å². The third-order valence-electron chi connectivity index (χ3n) is 5.03. The summed E-state index contributed by atoms with van der Waals surface area (Å²) in [5, 5.41) is 8.27. The van der Waals surface area contributed by atoms with Gasteiger partial charge in [0.25, 0.3) is 5.91 Å². The summed E-state index contributed by atoms with van der Waals surface area (Å²) in [5.74, 6) is -0.210. The minimum atomic E-state index is -4.51. The van der Waals surface area contributed by atoms with Gasteiger partial charge in [-0.25, -0.2) is 0 Å². The van der Waals surface area contributed by atoms with E-state index in [2.05, 4.69) is 16.0 Å². The number of ether oxygens (including phenoxy) is 1. The van der Waals surface area contributed by atoms with Gasteiger partial charge in [0.1, 0.15) is 5.75 Å². The van der Waals surface area contributed by atoms with Gasteiger partial charge in [-0.1, -0.05) is 30.3 Å². The lowest BCUT2D eigenvalue weighted by molar-refractivity contribution is -0.137. The predicted octanol–water partition coefficient (Wildman–Crippen LogP) is 5.26. The molecule has 0 bridgehead atoms. The van der Waals surface area contributed by atoms with Crippen LogP contribution in [0.2, 0.25) is 0 Å². The van der Waals surface area contributed by atoms with E-state index in [1.807, 2.05) is 31.2 Å². The van der Waals surface area contributed by atoms with Crippen molar-refractivity contribution in [2.75, 3.05) is 24.3 Å². The largest absolute Gasteiger partial charge is 0.496 e. The van der Waals surface area contributed by atoms with Crippen molar-refractivity contribution in [2.24, 2.45) is 0 Å². The Morgan fingerprint density at radius 3 is 2.29 bits per heavy atom. The number of carbonyl (C=O) groups is 2. The number of hydrogen-bond acceptors (Lipinski definition) is 4. The van der Waals surface area contributed by atoms with E-state index in [9.17, 15) is 22.8 Å². The SMILES string of the molecule is COc1ccccc1C(C)NCC(=O)Nc1cccc(C(=O)Nc2cccc(C(F)(F)F)c2)c1. The van der Waals surface area contributed by atoms with Crippen LogP contribution in [0.5, 0.6) is 5.75 Å². The van der Waals surface area contributed by atoms with E-state index >= 15 is 0 Å². The van der Waals surface area contributed by atoms with Crippen molar-refractivity contribution in [1.29, 1.82) is 0 Å². The lowest BCUT2D eigenvalue weighted by Crippen LogP contribution is -2.30. The van der Waals surface area contributed by atoms with Gasteiger partial charge in [0.05, 0.1) is 19.2 Å². The van der Waals surface area contributed by atoms with E-state index in [1.54, 1.807) is 19.2 Å². The zero-order valence-corrected chi connectivity index (χ0v) is 18.6. The van der Waals surface area contributed by atoms with Crippen LogP contribution >= 0.6 is 0 Å². The quantitative estimate of drug-likeness (QED) is 0.419. The number of alkyl halides is 3. The summed E-state index contributed by atoms with van der Waals surface area (Å²) in [4.78, 5) is 24.9. The molecule has 0 aliphatic rings. The molecule has 2 amide bonds. The minimum absolute atomic E-state index is 0.0138. The van der Waals surface area contributed by atoms with Crippen molar-refractivity contribution < 1.29 is 27.5 Å². The van der Waals surface area contributed by atoms with Crippen LogP contribution in [-0.4, -0.2) is 25.5 Å². The molecule has 3 aromatic carbocycles. The number of hydrogen-bond donors (Lipinski definition) is 3. The van der Waals surface area contributed by atoms with Gasteiger partial charge in [0.15, 0.2) is 0 Å². The van der Waals surface area contributed by atoms with Crippen LogP contribution in [-0.2, 0) is 11.0 Å². The number of carbonyl (C=O) groups excluding carboxylic acids is 2. The van der Waals surface area contributed by atoms with Crippen molar-refractivity contribution >= 4 is 23.2 Å². The summed E-state index contributed by atoms with van der Waals surface area (Å²) >= 11 is 0. The molecule has 3 rings (SSSR count). The molecule has 0 saturated heterocycles. The van der Waals surface area contributed by atoms with Crippen LogP contribution in [0.3, 0.4) is 0 Å². The molecule has 0 aliphatic heterocycles. The van der Waals surface area contributed by atoms with Gasteiger partial charge < -0.3 is 20.7 Å². The predicted molar refractivity (Wildman–Crippen MR) is 124 cm³/mol. The molecule has 1 atom stereocenters. The third kappa shape index (κ3) is 6.58. The Hall–Kier alpha value is -3.85. The maximum Gasteiger partial charge on any atom is 0.416 e. The van der Waals surface area contributed by atoms with Crippen molar-refractivity contribution in [3.05, 3.63) is 89.5 Å². The standard InChI is InChI=1S/C25H24F3N3O3/c1-16(21-11-3-4-12-22(21)34-2)29-15-23(32)30-19-9-5-7-17(13-19)24(33)31-20-10-6-8-18(14-20)25(26,27)28/h3-14,16,29H,15H2,1-2H3,(H,30,32)(H,31,33). The zero-order valence-electron chi connectivity index (χ0n) is 18.6. The second-order valence-corrected chi connectivity index (χ2v) is 7.51. The summed E-state index contributed by atoms with van der Waals surface area (Å²) in [6.45, 7) is 1.92. The first-order valence-electron chi connectivity index (χ1n) is 10.4. The zero-order chi connectivity index (χ0) is 24.7. The smallest absolute Gasteiger partial charge is 0.416 e. The van der Waals surface area contributed by atoms with Crippen molar-refractivity contribution in [3.8, 4) is 5.75 Å². The second kappa shape index (κ2) is 10.8. The summed E-state index contributed by atoms with van der Waals surface area (Å²) in [5.41, 5.74) is 0.634.